The monoisotopic (exact) mass is 494 g/mol. The lowest BCUT2D eigenvalue weighted by atomic mass is 9.96. The highest BCUT2D eigenvalue weighted by Crippen LogP contribution is 2.25. The van der Waals surface area contributed by atoms with Crippen molar-refractivity contribution in [2.45, 2.75) is 45.6 Å². The van der Waals surface area contributed by atoms with E-state index >= 15 is 0 Å². The molecule has 188 valence electrons. The first-order chi connectivity index (χ1) is 16.0. The second kappa shape index (κ2) is 10.6. The second-order valence-corrected chi connectivity index (χ2v) is 11.6. The van der Waals surface area contributed by atoms with Crippen LogP contribution in [-0.2, 0) is 19.6 Å². The highest BCUT2D eigenvalue weighted by Gasteiger charge is 2.30. The van der Waals surface area contributed by atoms with E-state index in [9.17, 15) is 22.8 Å². The Labute approximate surface area is 201 Å². The fourth-order valence-electron chi connectivity index (χ4n) is 4.07. The fraction of sp³-hybridized carbons (Fsp3) is 0.609. The van der Waals surface area contributed by atoms with Gasteiger partial charge in [0.05, 0.1) is 17.4 Å². The number of amides is 3. The Hall–Kier alpha value is -2.82. The number of carbonyl (C=O) groups excluding carboxylic acids is 3. The van der Waals surface area contributed by atoms with E-state index in [2.05, 4.69) is 10.6 Å². The van der Waals surface area contributed by atoms with Gasteiger partial charge in [-0.15, -0.1) is 0 Å². The molecule has 3 amide bonds. The minimum absolute atomic E-state index is 0.141. The summed E-state index contributed by atoms with van der Waals surface area (Å²) in [6.45, 7) is 7.16. The van der Waals surface area contributed by atoms with Crippen LogP contribution < -0.4 is 14.9 Å². The summed E-state index contributed by atoms with van der Waals surface area (Å²) in [5.41, 5.74) is 0.436. The van der Waals surface area contributed by atoms with Crippen LogP contribution in [0, 0.1) is 5.92 Å². The predicted octanol–water partition coefficient (Wildman–Crippen LogP) is 1.72. The molecule has 2 aliphatic rings. The van der Waals surface area contributed by atoms with E-state index in [0.29, 0.717) is 50.1 Å². The topological polar surface area (TPSA) is 125 Å². The zero-order valence-corrected chi connectivity index (χ0v) is 20.8. The Bertz CT molecular complexity index is 1000. The first-order valence-corrected chi connectivity index (χ1v) is 13.2. The van der Waals surface area contributed by atoms with E-state index in [1.807, 2.05) is 0 Å². The number of anilines is 1. The summed E-state index contributed by atoms with van der Waals surface area (Å²) in [6, 6.07) is 6.58. The van der Waals surface area contributed by atoms with Gasteiger partial charge in [-0.25, -0.2) is 13.2 Å². The number of hydrogen-bond acceptors (Lipinski definition) is 6. The minimum atomic E-state index is -3.27. The molecular formula is C23H34N4O6S. The Morgan fingerprint density at radius 2 is 1.71 bits per heavy atom. The summed E-state index contributed by atoms with van der Waals surface area (Å²) in [5, 5.41) is 5.40. The third kappa shape index (κ3) is 6.85. The molecule has 34 heavy (non-hydrogen) atoms. The second-order valence-electron chi connectivity index (χ2n) is 9.60. The van der Waals surface area contributed by atoms with Crippen LogP contribution in [0.4, 0.5) is 10.5 Å². The number of likely N-dealkylation sites (tertiary alicyclic amines) is 1. The lowest BCUT2D eigenvalue weighted by molar-refractivity contribution is -0.126. The van der Waals surface area contributed by atoms with Gasteiger partial charge in [-0.1, -0.05) is 0 Å². The first-order valence-electron chi connectivity index (χ1n) is 11.6. The molecule has 1 atom stereocenters. The van der Waals surface area contributed by atoms with Crippen molar-refractivity contribution in [1.29, 1.82) is 0 Å². The number of hydrogen-bond donors (Lipinski definition) is 2. The van der Waals surface area contributed by atoms with E-state index in [-0.39, 0.29) is 36.6 Å². The standard InChI is InChI=1S/C23H34N4O6S/c1-23(2,3)33-22(30)25-12-11-24-20(28)18-6-4-13-26(16-18)21(29)17-7-9-19(10-8-17)27-14-5-15-34(27,31)32/h7-10,18H,4-6,11-16H2,1-3H3,(H,24,28)(H,25,30). The predicted molar refractivity (Wildman–Crippen MR) is 128 cm³/mol. The number of nitrogens with zero attached hydrogens (tertiary/aromatic N) is 2. The SMILES string of the molecule is CC(C)(C)OC(=O)NCCNC(=O)C1CCCN(C(=O)c2ccc(N3CCCS3(=O)=O)cc2)C1. The minimum Gasteiger partial charge on any atom is -0.444 e. The van der Waals surface area contributed by atoms with Crippen LogP contribution in [0.5, 0.6) is 0 Å². The smallest absolute Gasteiger partial charge is 0.407 e. The molecule has 2 fully saturated rings. The van der Waals surface area contributed by atoms with Crippen molar-refractivity contribution in [3.05, 3.63) is 29.8 Å². The molecule has 2 aliphatic heterocycles. The Balaban J connectivity index is 1.48. The van der Waals surface area contributed by atoms with E-state index in [1.165, 1.54) is 4.31 Å². The van der Waals surface area contributed by atoms with Gasteiger partial charge >= 0.3 is 6.09 Å². The van der Waals surface area contributed by atoms with Crippen molar-refractivity contribution >= 4 is 33.6 Å². The quantitative estimate of drug-likeness (QED) is 0.580. The van der Waals surface area contributed by atoms with Gasteiger partial charge in [-0.3, -0.25) is 13.9 Å². The first kappa shape index (κ1) is 25.8. The molecule has 10 nitrogen and oxygen atoms in total. The lowest BCUT2D eigenvalue weighted by Gasteiger charge is -2.32. The summed E-state index contributed by atoms with van der Waals surface area (Å²) < 4.78 is 30.7. The van der Waals surface area contributed by atoms with E-state index in [1.54, 1.807) is 49.9 Å². The van der Waals surface area contributed by atoms with Gasteiger partial charge in [0.15, 0.2) is 0 Å². The van der Waals surface area contributed by atoms with Crippen molar-refractivity contribution in [2.24, 2.45) is 5.92 Å². The van der Waals surface area contributed by atoms with Crippen LogP contribution in [0.3, 0.4) is 0 Å². The van der Waals surface area contributed by atoms with Crippen molar-refractivity contribution in [1.82, 2.24) is 15.5 Å². The molecule has 1 aromatic rings. The van der Waals surface area contributed by atoms with Gasteiger partial charge in [0.25, 0.3) is 5.91 Å². The number of rotatable bonds is 6. The molecule has 2 saturated heterocycles. The van der Waals surface area contributed by atoms with Crippen LogP contribution in [0.15, 0.2) is 24.3 Å². The average molecular weight is 495 g/mol. The number of benzene rings is 1. The van der Waals surface area contributed by atoms with Gasteiger partial charge in [-0.2, -0.15) is 0 Å². The maximum atomic E-state index is 13.0. The number of nitrogens with one attached hydrogen (secondary N) is 2. The molecule has 0 aromatic heterocycles. The molecule has 2 N–H and O–H groups in total. The summed E-state index contributed by atoms with van der Waals surface area (Å²) >= 11 is 0. The number of ether oxygens (including phenoxy) is 1. The molecule has 11 heteroatoms. The summed E-state index contributed by atoms with van der Waals surface area (Å²) in [6.07, 6.45) is 1.45. The highest BCUT2D eigenvalue weighted by molar-refractivity contribution is 7.93. The van der Waals surface area contributed by atoms with Gasteiger partial charge in [-0.05, 0) is 64.3 Å². The molecule has 2 heterocycles. The number of alkyl carbamates (subject to hydrolysis) is 1. The summed E-state index contributed by atoms with van der Waals surface area (Å²) in [5.74, 6) is -0.520. The average Bonchev–Trinajstić information content (AvgIpc) is 3.14. The molecule has 1 unspecified atom stereocenters. The molecule has 0 saturated carbocycles. The molecule has 0 spiro atoms. The molecule has 0 aliphatic carbocycles. The Kier molecular flexibility index (Phi) is 8.06. The van der Waals surface area contributed by atoms with Gasteiger partial charge in [0, 0.05) is 38.3 Å². The molecule has 0 radical (unpaired) electrons. The van der Waals surface area contributed by atoms with Crippen LogP contribution in [0.2, 0.25) is 0 Å². The van der Waals surface area contributed by atoms with Crippen LogP contribution in [-0.4, -0.2) is 75.3 Å². The summed E-state index contributed by atoms with van der Waals surface area (Å²) in [4.78, 5) is 38.9. The zero-order valence-electron chi connectivity index (χ0n) is 20.0. The Morgan fingerprint density at radius 1 is 1.03 bits per heavy atom. The maximum absolute atomic E-state index is 13.0. The van der Waals surface area contributed by atoms with Gasteiger partial charge in [0.2, 0.25) is 15.9 Å². The van der Waals surface area contributed by atoms with Crippen LogP contribution >= 0.6 is 0 Å². The van der Waals surface area contributed by atoms with Crippen molar-refractivity contribution in [2.75, 3.05) is 42.8 Å². The number of carbonyl (C=O) groups is 3. The lowest BCUT2D eigenvalue weighted by Crippen LogP contribution is -2.46. The van der Waals surface area contributed by atoms with Gasteiger partial charge < -0.3 is 20.3 Å². The van der Waals surface area contributed by atoms with Crippen LogP contribution in [0.1, 0.15) is 50.4 Å². The Morgan fingerprint density at radius 3 is 2.32 bits per heavy atom. The third-order valence-electron chi connectivity index (χ3n) is 5.67. The fourth-order valence-corrected chi connectivity index (χ4v) is 5.63. The molecular weight excluding hydrogens is 460 g/mol. The normalized spacial score (nSPS) is 20.0. The molecule has 1 aromatic carbocycles. The molecule has 3 rings (SSSR count). The largest absolute Gasteiger partial charge is 0.444 e. The number of piperidine rings is 1. The van der Waals surface area contributed by atoms with E-state index < -0.39 is 21.7 Å². The zero-order chi connectivity index (χ0) is 24.9. The maximum Gasteiger partial charge on any atom is 0.407 e. The summed E-state index contributed by atoms with van der Waals surface area (Å²) in [7, 11) is -3.27. The van der Waals surface area contributed by atoms with E-state index in [4.69, 9.17) is 4.74 Å². The van der Waals surface area contributed by atoms with Crippen molar-refractivity contribution < 1.29 is 27.5 Å². The van der Waals surface area contributed by atoms with Crippen molar-refractivity contribution in [3.63, 3.8) is 0 Å². The number of sulfonamides is 1. The highest BCUT2D eigenvalue weighted by atomic mass is 32.2. The van der Waals surface area contributed by atoms with Crippen molar-refractivity contribution in [3.8, 4) is 0 Å². The van der Waals surface area contributed by atoms with Gasteiger partial charge in [0.1, 0.15) is 5.60 Å². The van der Waals surface area contributed by atoms with Crippen LogP contribution in [0.25, 0.3) is 0 Å². The third-order valence-corrected chi connectivity index (χ3v) is 7.54. The van der Waals surface area contributed by atoms with E-state index in [0.717, 1.165) is 0 Å². The molecule has 0 bridgehead atoms.